The zero-order chi connectivity index (χ0) is 18.4. The lowest BCUT2D eigenvalue weighted by Crippen LogP contribution is -2.39. The minimum atomic E-state index is -1.34. The summed E-state index contributed by atoms with van der Waals surface area (Å²) < 4.78 is 9.74. The number of halogens is 1. The van der Waals surface area contributed by atoms with Gasteiger partial charge in [-0.3, -0.25) is 9.59 Å². The number of rotatable bonds is 6. The average Bonchev–Trinajstić information content (AvgIpc) is 3.06. The van der Waals surface area contributed by atoms with Gasteiger partial charge in [-0.25, -0.2) is 0 Å². The van der Waals surface area contributed by atoms with Crippen LogP contribution in [0.3, 0.4) is 0 Å². The first-order valence-corrected chi connectivity index (χ1v) is 8.57. The molecule has 0 aliphatic heterocycles. The molecule has 0 N–H and O–H groups in total. The van der Waals surface area contributed by atoms with Crippen LogP contribution in [0.15, 0.2) is 53.6 Å². The molecule has 0 spiro atoms. The molecule has 1 saturated carbocycles. The molecule has 25 heavy (non-hydrogen) atoms. The number of carbonyl (C=O) groups excluding carboxylic acids is 2. The van der Waals surface area contributed by atoms with Crippen molar-refractivity contribution in [3.63, 3.8) is 0 Å². The fourth-order valence-electron chi connectivity index (χ4n) is 3.39. The third kappa shape index (κ3) is 3.96. The summed E-state index contributed by atoms with van der Waals surface area (Å²) in [7, 11) is 2.54. The first-order valence-electron chi connectivity index (χ1n) is 8.19. The van der Waals surface area contributed by atoms with Crippen LogP contribution in [-0.2, 0) is 25.5 Å². The molecule has 4 nitrogen and oxygen atoms in total. The Bertz CT molecular complexity index is 662. The van der Waals surface area contributed by atoms with Gasteiger partial charge in [0.1, 0.15) is 0 Å². The molecule has 1 fully saturated rings. The Hall–Kier alpha value is -2.07. The molecule has 0 heterocycles. The lowest BCUT2D eigenvalue weighted by molar-refractivity contribution is -0.168. The smallest absolute Gasteiger partial charge is 0.323 e. The quantitative estimate of drug-likeness (QED) is 0.435. The second-order valence-electron chi connectivity index (χ2n) is 6.20. The lowest BCUT2D eigenvalue weighted by atomic mass is 9.85. The summed E-state index contributed by atoms with van der Waals surface area (Å²) in [5.74, 6) is -1.33. The third-order valence-electron chi connectivity index (χ3n) is 4.77. The molecular formula is C20H23ClO4. The Morgan fingerprint density at radius 1 is 1.24 bits per heavy atom. The van der Waals surface area contributed by atoms with Gasteiger partial charge in [-0.15, -0.1) is 6.58 Å². The number of ether oxygens (including phenoxy) is 2. The van der Waals surface area contributed by atoms with E-state index < -0.39 is 17.4 Å². The van der Waals surface area contributed by atoms with Gasteiger partial charge < -0.3 is 9.47 Å². The van der Waals surface area contributed by atoms with E-state index in [2.05, 4.69) is 6.58 Å². The summed E-state index contributed by atoms with van der Waals surface area (Å²) in [4.78, 5) is 24.6. The maximum atomic E-state index is 12.3. The van der Waals surface area contributed by atoms with Crippen molar-refractivity contribution in [1.82, 2.24) is 0 Å². The molecule has 1 aromatic rings. The van der Waals surface area contributed by atoms with Crippen LogP contribution in [0, 0.1) is 11.3 Å². The molecule has 0 amide bonds. The Morgan fingerprint density at radius 2 is 1.84 bits per heavy atom. The number of allylic oxidation sites excluding steroid dienone is 3. The second-order valence-corrected chi connectivity index (χ2v) is 6.66. The van der Waals surface area contributed by atoms with Gasteiger partial charge in [0.15, 0.2) is 5.41 Å². The molecule has 1 unspecified atom stereocenters. The first-order chi connectivity index (χ1) is 12.0. The molecule has 0 aromatic heterocycles. The summed E-state index contributed by atoms with van der Waals surface area (Å²) in [6, 6.07) is 10.0. The van der Waals surface area contributed by atoms with Crippen molar-refractivity contribution in [2.45, 2.75) is 25.7 Å². The van der Waals surface area contributed by atoms with Gasteiger partial charge >= 0.3 is 11.9 Å². The van der Waals surface area contributed by atoms with Crippen molar-refractivity contribution < 1.29 is 19.1 Å². The van der Waals surface area contributed by atoms with Crippen LogP contribution in [0.1, 0.15) is 24.8 Å². The van der Waals surface area contributed by atoms with Crippen molar-refractivity contribution in [2.24, 2.45) is 11.3 Å². The van der Waals surface area contributed by atoms with Crippen molar-refractivity contribution in [2.75, 3.05) is 14.2 Å². The van der Waals surface area contributed by atoms with Crippen molar-refractivity contribution in [3.05, 3.63) is 59.2 Å². The summed E-state index contributed by atoms with van der Waals surface area (Å²) in [6.07, 6.45) is 3.64. The Kier molecular flexibility index (Phi) is 6.43. The van der Waals surface area contributed by atoms with E-state index in [4.69, 9.17) is 21.1 Å². The predicted molar refractivity (Wildman–Crippen MR) is 97.0 cm³/mol. The van der Waals surface area contributed by atoms with E-state index in [9.17, 15) is 9.59 Å². The van der Waals surface area contributed by atoms with Crippen LogP contribution in [0.4, 0.5) is 0 Å². The van der Waals surface area contributed by atoms with E-state index in [1.807, 2.05) is 30.3 Å². The molecule has 0 radical (unpaired) electrons. The van der Waals surface area contributed by atoms with E-state index >= 15 is 0 Å². The number of aryl methyl sites for hydroxylation is 1. The Labute approximate surface area is 153 Å². The number of benzene rings is 1. The minimum Gasteiger partial charge on any atom is -0.468 e. The van der Waals surface area contributed by atoms with Crippen LogP contribution in [0.25, 0.3) is 0 Å². The highest BCUT2D eigenvalue weighted by Gasteiger charge is 2.55. The maximum absolute atomic E-state index is 12.3. The van der Waals surface area contributed by atoms with Gasteiger partial charge in [0.05, 0.1) is 14.2 Å². The van der Waals surface area contributed by atoms with Gasteiger partial charge in [0.25, 0.3) is 0 Å². The molecule has 2 rings (SSSR count). The Morgan fingerprint density at radius 3 is 2.36 bits per heavy atom. The van der Waals surface area contributed by atoms with Crippen LogP contribution in [-0.4, -0.2) is 26.2 Å². The average molecular weight is 363 g/mol. The van der Waals surface area contributed by atoms with E-state index in [1.165, 1.54) is 19.8 Å². The lowest BCUT2D eigenvalue weighted by Gasteiger charge is -2.22. The number of carbonyl (C=O) groups is 2. The second kappa shape index (κ2) is 8.34. The highest BCUT2D eigenvalue weighted by Crippen LogP contribution is 2.49. The van der Waals surface area contributed by atoms with Gasteiger partial charge in [-0.2, -0.15) is 0 Å². The Balaban J connectivity index is 2.28. The van der Waals surface area contributed by atoms with Crippen LogP contribution < -0.4 is 0 Å². The van der Waals surface area contributed by atoms with Gasteiger partial charge in [-0.05, 0) is 36.8 Å². The molecule has 1 aliphatic carbocycles. The molecule has 5 heteroatoms. The number of methoxy groups -OCH3 is 2. The maximum Gasteiger partial charge on any atom is 0.323 e. The van der Waals surface area contributed by atoms with Crippen LogP contribution in [0.5, 0.6) is 0 Å². The summed E-state index contributed by atoms with van der Waals surface area (Å²) >= 11 is 6.56. The normalized spacial score (nSPS) is 20.7. The van der Waals surface area contributed by atoms with Crippen molar-refractivity contribution in [1.29, 1.82) is 0 Å². The highest BCUT2D eigenvalue weighted by atomic mass is 35.5. The largest absolute Gasteiger partial charge is 0.468 e. The molecule has 1 atom stereocenters. The van der Waals surface area contributed by atoms with Gasteiger partial charge in [0.2, 0.25) is 0 Å². The fourth-order valence-corrected chi connectivity index (χ4v) is 3.70. The molecule has 0 bridgehead atoms. The zero-order valence-electron chi connectivity index (χ0n) is 14.6. The van der Waals surface area contributed by atoms with Crippen LogP contribution >= 0.6 is 11.6 Å². The third-order valence-corrected chi connectivity index (χ3v) is 5.20. The summed E-state index contributed by atoms with van der Waals surface area (Å²) in [6.45, 7) is 3.83. The van der Waals surface area contributed by atoms with Crippen molar-refractivity contribution in [3.8, 4) is 0 Å². The van der Waals surface area contributed by atoms with Gasteiger partial charge in [0, 0.05) is 11.0 Å². The fraction of sp³-hybridized carbons (Fsp3) is 0.400. The standard InChI is InChI=1S/C20H23ClO4/c1-4-15-12-20(18(22)24-2,19(23)25-3)13-16(15)17(21)11-10-14-8-6-5-7-9-14/h4-9,15H,1,10-13H2,2-3H3/b17-16+. The first kappa shape index (κ1) is 19.3. The highest BCUT2D eigenvalue weighted by molar-refractivity contribution is 6.30. The number of hydrogen-bond acceptors (Lipinski definition) is 4. The summed E-state index contributed by atoms with van der Waals surface area (Å²) in [5, 5.41) is 0.670. The SMILES string of the molecule is C=CC1CC(C(=O)OC)(C(=O)OC)C/C1=C(\Cl)CCc1ccccc1. The van der Waals surface area contributed by atoms with E-state index in [-0.39, 0.29) is 18.8 Å². The number of hydrogen-bond donors (Lipinski definition) is 0. The molecular weight excluding hydrogens is 340 g/mol. The van der Waals surface area contributed by atoms with E-state index in [0.29, 0.717) is 11.5 Å². The minimum absolute atomic E-state index is 0.151. The summed E-state index contributed by atoms with van der Waals surface area (Å²) in [5.41, 5.74) is 0.704. The molecule has 1 aliphatic rings. The van der Waals surface area contributed by atoms with Crippen LogP contribution in [0.2, 0.25) is 0 Å². The van der Waals surface area contributed by atoms with E-state index in [1.54, 1.807) is 6.08 Å². The van der Waals surface area contributed by atoms with Gasteiger partial charge in [-0.1, -0.05) is 48.0 Å². The topological polar surface area (TPSA) is 52.6 Å². The van der Waals surface area contributed by atoms with Crippen molar-refractivity contribution >= 4 is 23.5 Å². The molecule has 1 aromatic carbocycles. The molecule has 134 valence electrons. The number of esters is 2. The molecule has 0 saturated heterocycles. The zero-order valence-corrected chi connectivity index (χ0v) is 15.3. The predicted octanol–water partition coefficient (Wildman–Crippen LogP) is 4.04. The van der Waals surface area contributed by atoms with E-state index in [0.717, 1.165) is 12.0 Å². The monoisotopic (exact) mass is 362 g/mol.